The standard InChI is InChI=1S/C28H30Cl2N4O2/c1-19-25(14-13-24(27(31)35)26(19)20-5-7-21(29)8-6-20)34(18-17-33-15-3-2-4-16-33)28(36)32-23-11-9-22(30)10-12-23/h5-14H,2-4,15-18H2,1H3,(H2,31,35)(H,32,36). The van der Waals surface area contributed by atoms with Gasteiger partial charge in [-0.3, -0.25) is 9.69 Å². The predicted molar refractivity (Wildman–Crippen MR) is 148 cm³/mol. The minimum absolute atomic E-state index is 0.258. The van der Waals surface area contributed by atoms with Crippen molar-refractivity contribution < 1.29 is 9.59 Å². The van der Waals surface area contributed by atoms with Crippen LogP contribution >= 0.6 is 23.2 Å². The number of likely N-dealkylation sites (tertiary alicyclic amines) is 1. The molecular weight excluding hydrogens is 495 g/mol. The van der Waals surface area contributed by atoms with Gasteiger partial charge in [0.25, 0.3) is 0 Å². The Bertz CT molecular complexity index is 1220. The van der Waals surface area contributed by atoms with E-state index in [2.05, 4.69) is 10.2 Å². The minimum Gasteiger partial charge on any atom is -0.366 e. The predicted octanol–water partition coefficient (Wildman–Crippen LogP) is 6.59. The van der Waals surface area contributed by atoms with Crippen molar-refractivity contribution in [2.24, 2.45) is 5.73 Å². The van der Waals surface area contributed by atoms with Gasteiger partial charge < -0.3 is 16.0 Å². The molecule has 0 atom stereocenters. The number of anilines is 2. The molecule has 1 saturated heterocycles. The van der Waals surface area contributed by atoms with E-state index in [4.69, 9.17) is 28.9 Å². The van der Waals surface area contributed by atoms with E-state index >= 15 is 0 Å². The molecule has 8 heteroatoms. The monoisotopic (exact) mass is 524 g/mol. The normalized spacial score (nSPS) is 13.9. The zero-order valence-corrected chi connectivity index (χ0v) is 21.8. The molecule has 3 aromatic carbocycles. The van der Waals surface area contributed by atoms with Crippen LogP contribution in [-0.2, 0) is 0 Å². The van der Waals surface area contributed by atoms with Crippen LogP contribution in [0.5, 0.6) is 0 Å². The molecule has 6 nitrogen and oxygen atoms in total. The van der Waals surface area contributed by atoms with Crippen LogP contribution in [0.25, 0.3) is 11.1 Å². The van der Waals surface area contributed by atoms with Crippen LogP contribution in [0.1, 0.15) is 35.2 Å². The largest absolute Gasteiger partial charge is 0.366 e. The quantitative estimate of drug-likeness (QED) is 0.365. The molecule has 1 heterocycles. The van der Waals surface area contributed by atoms with Crippen LogP contribution < -0.4 is 16.0 Å². The van der Waals surface area contributed by atoms with Crippen molar-refractivity contribution in [1.82, 2.24) is 4.90 Å². The van der Waals surface area contributed by atoms with Gasteiger partial charge in [-0.15, -0.1) is 0 Å². The van der Waals surface area contributed by atoms with Crippen LogP contribution in [0.2, 0.25) is 10.0 Å². The lowest BCUT2D eigenvalue weighted by molar-refractivity contribution is 0.100. The van der Waals surface area contributed by atoms with Gasteiger partial charge in [0.2, 0.25) is 5.91 Å². The highest BCUT2D eigenvalue weighted by molar-refractivity contribution is 6.31. The van der Waals surface area contributed by atoms with E-state index in [0.717, 1.165) is 30.8 Å². The molecule has 36 heavy (non-hydrogen) atoms. The van der Waals surface area contributed by atoms with Crippen LogP contribution in [0.4, 0.5) is 16.2 Å². The maximum absolute atomic E-state index is 13.6. The summed E-state index contributed by atoms with van der Waals surface area (Å²) < 4.78 is 0. The summed E-state index contributed by atoms with van der Waals surface area (Å²) >= 11 is 12.1. The Hall–Kier alpha value is -3.06. The summed E-state index contributed by atoms with van der Waals surface area (Å²) in [6.07, 6.45) is 3.59. The highest BCUT2D eigenvalue weighted by Gasteiger charge is 2.24. The molecule has 3 aromatic rings. The van der Waals surface area contributed by atoms with Crippen molar-refractivity contribution in [3.8, 4) is 11.1 Å². The molecule has 0 saturated carbocycles. The van der Waals surface area contributed by atoms with Crippen molar-refractivity contribution >= 4 is 46.5 Å². The van der Waals surface area contributed by atoms with E-state index in [1.54, 1.807) is 53.4 Å². The van der Waals surface area contributed by atoms with Gasteiger partial charge in [0, 0.05) is 40.1 Å². The van der Waals surface area contributed by atoms with Crippen LogP contribution in [0, 0.1) is 6.92 Å². The molecule has 0 radical (unpaired) electrons. The fourth-order valence-electron chi connectivity index (χ4n) is 4.67. The fourth-order valence-corrected chi connectivity index (χ4v) is 4.92. The van der Waals surface area contributed by atoms with E-state index in [-0.39, 0.29) is 6.03 Å². The summed E-state index contributed by atoms with van der Waals surface area (Å²) in [6, 6.07) is 17.5. The molecule has 188 valence electrons. The number of piperidine rings is 1. The minimum atomic E-state index is -0.528. The highest BCUT2D eigenvalue weighted by Crippen LogP contribution is 2.35. The Morgan fingerprint density at radius 3 is 2.14 bits per heavy atom. The number of nitrogens with two attached hydrogens (primary N) is 1. The number of nitrogens with one attached hydrogen (secondary N) is 1. The van der Waals surface area contributed by atoms with E-state index < -0.39 is 5.91 Å². The molecule has 4 rings (SSSR count). The second-order valence-corrected chi connectivity index (χ2v) is 9.87. The lowest BCUT2D eigenvalue weighted by Gasteiger charge is -2.31. The lowest BCUT2D eigenvalue weighted by atomic mass is 9.93. The van der Waals surface area contributed by atoms with E-state index in [1.165, 1.54) is 19.3 Å². The molecule has 0 unspecified atom stereocenters. The summed E-state index contributed by atoms with van der Waals surface area (Å²) in [5.41, 5.74) is 9.78. The molecule has 3 amide bonds. The van der Waals surface area contributed by atoms with Gasteiger partial charge in [-0.1, -0.05) is 41.8 Å². The first-order chi connectivity index (χ1) is 17.3. The molecule has 0 spiro atoms. The third-order valence-corrected chi connectivity index (χ3v) is 7.06. The van der Waals surface area contributed by atoms with E-state index in [9.17, 15) is 9.59 Å². The molecule has 0 bridgehead atoms. The highest BCUT2D eigenvalue weighted by atomic mass is 35.5. The molecule has 3 N–H and O–H groups in total. The number of amides is 3. The van der Waals surface area contributed by atoms with Gasteiger partial charge in [0.15, 0.2) is 0 Å². The maximum atomic E-state index is 13.6. The van der Waals surface area contributed by atoms with Gasteiger partial charge >= 0.3 is 6.03 Å². The number of carbonyl (C=O) groups is 2. The number of urea groups is 1. The van der Waals surface area contributed by atoms with Crippen LogP contribution in [0.3, 0.4) is 0 Å². The zero-order chi connectivity index (χ0) is 25.7. The molecule has 0 aromatic heterocycles. The van der Waals surface area contributed by atoms with E-state index in [0.29, 0.717) is 39.1 Å². The van der Waals surface area contributed by atoms with Crippen molar-refractivity contribution in [2.45, 2.75) is 26.2 Å². The van der Waals surface area contributed by atoms with Crippen LogP contribution in [0.15, 0.2) is 60.7 Å². The Morgan fingerprint density at radius 1 is 0.917 bits per heavy atom. The van der Waals surface area contributed by atoms with Crippen molar-refractivity contribution in [3.63, 3.8) is 0 Å². The molecule has 1 aliphatic rings. The smallest absolute Gasteiger partial charge is 0.326 e. The zero-order valence-electron chi connectivity index (χ0n) is 20.3. The van der Waals surface area contributed by atoms with Gasteiger partial charge in [0.05, 0.1) is 0 Å². The van der Waals surface area contributed by atoms with Crippen LogP contribution in [-0.4, -0.2) is 43.0 Å². The molecule has 1 fully saturated rings. The number of hydrogen-bond acceptors (Lipinski definition) is 3. The third kappa shape index (κ3) is 6.19. The Kier molecular flexibility index (Phi) is 8.52. The average molecular weight is 525 g/mol. The Labute approximate surface area is 222 Å². The Morgan fingerprint density at radius 2 is 1.53 bits per heavy atom. The van der Waals surface area contributed by atoms with Crippen molar-refractivity contribution in [2.75, 3.05) is 36.4 Å². The number of halogens is 2. The Balaban J connectivity index is 1.72. The number of primary amides is 1. The van der Waals surface area contributed by atoms with Gasteiger partial charge in [0.1, 0.15) is 0 Å². The average Bonchev–Trinajstić information content (AvgIpc) is 2.87. The van der Waals surface area contributed by atoms with E-state index in [1.807, 2.05) is 19.1 Å². The molecule has 0 aliphatic carbocycles. The van der Waals surface area contributed by atoms with Gasteiger partial charge in [-0.05, 0) is 98.1 Å². The summed E-state index contributed by atoms with van der Waals surface area (Å²) in [4.78, 5) is 30.0. The number of benzene rings is 3. The first-order valence-corrected chi connectivity index (χ1v) is 12.8. The number of nitrogens with zero attached hydrogens (tertiary/aromatic N) is 2. The SMILES string of the molecule is Cc1c(N(CCN2CCCCC2)C(=O)Nc2ccc(Cl)cc2)ccc(C(N)=O)c1-c1ccc(Cl)cc1. The number of rotatable bonds is 7. The van der Waals surface area contributed by atoms with Gasteiger partial charge in [-0.25, -0.2) is 4.79 Å². The summed E-state index contributed by atoms with van der Waals surface area (Å²) in [6.45, 7) is 5.22. The second kappa shape index (κ2) is 11.8. The second-order valence-electron chi connectivity index (χ2n) is 8.99. The molecule has 1 aliphatic heterocycles. The van der Waals surface area contributed by atoms with Crippen molar-refractivity contribution in [1.29, 1.82) is 0 Å². The van der Waals surface area contributed by atoms with Crippen molar-refractivity contribution in [3.05, 3.63) is 81.8 Å². The first kappa shape index (κ1) is 26.0. The summed E-state index contributed by atoms with van der Waals surface area (Å²) in [7, 11) is 0. The summed E-state index contributed by atoms with van der Waals surface area (Å²) in [5, 5.41) is 4.18. The topological polar surface area (TPSA) is 78.7 Å². The number of hydrogen-bond donors (Lipinski definition) is 2. The summed E-state index contributed by atoms with van der Waals surface area (Å²) in [5.74, 6) is -0.528. The lowest BCUT2D eigenvalue weighted by Crippen LogP contribution is -2.42. The third-order valence-electron chi connectivity index (χ3n) is 6.55. The fraction of sp³-hybridized carbons (Fsp3) is 0.286. The maximum Gasteiger partial charge on any atom is 0.326 e. The molecular formula is C28H30Cl2N4O2. The number of carbonyl (C=O) groups excluding carboxylic acids is 2. The first-order valence-electron chi connectivity index (χ1n) is 12.1. The van der Waals surface area contributed by atoms with Gasteiger partial charge in [-0.2, -0.15) is 0 Å².